The summed E-state index contributed by atoms with van der Waals surface area (Å²) >= 11 is 1.37. The van der Waals surface area contributed by atoms with E-state index in [-0.39, 0.29) is 27.1 Å². The molecule has 4 rings (SSSR count). The number of thioether (sulfide) groups is 1. The number of hydrogen-bond acceptors (Lipinski definition) is 8. The number of carbonyl (C=O) groups is 1. The number of anilines is 2. The molecule has 3 aromatic rings. The Morgan fingerprint density at radius 3 is 2.08 bits per heavy atom. The van der Waals surface area contributed by atoms with Gasteiger partial charge in [0.2, 0.25) is 0 Å². The smallest absolute Gasteiger partial charge is 0.262 e. The summed E-state index contributed by atoms with van der Waals surface area (Å²) in [6.45, 7) is 1.30. The number of likely N-dealkylation sites (tertiary alicyclic amines) is 1. The second-order valence-corrected chi connectivity index (χ2v) is 12.9. The van der Waals surface area contributed by atoms with E-state index in [0.717, 1.165) is 12.8 Å². The molecule has 1 amide bonds. The second-order valence-electron chi connectivity index (χ2n) is 8.66. The molecule has 0 spiro atoms. The van der Waals surface area contributed by atoms with Crippen LogP contribution in [-0.2, 0) is 20.0 Å². The zero-order valence-electron chi connectivity index (χ0n) is 21.6. The molecule has 0 bridgehead atoms. The van der Waals surface area contributed by atoms with E-state index < -0.39 is 20.0 Å². The van der Waals surface area contributed by atoms with Crippen LogP contribution in [0.3, 0.4) is 0 Å². The van der Waals surface area contributed by atoms with Crippen molar-refractivity contribution in [1.29, 1.82) is 0 Å². The Morgan fingerprint density at radius 2 is 1.46 bits per heavy atom. The minimum atomic E-state index is -4.06. The van der Waals surface area contributed by atoms with Crippen molar-refractivity contribution >= 4 is 49.1 Å². The van der Waals surface area contributed by atoms with Crippen LogP contribution in [0.25, 0.3) is 0 Å². The van der Waals surface area contributed by atoms with E-state index >= 15 is 0 Å². The molecule has 0 radical (unpaired) electrons. The maximum absolute atomic E-state index is 13.2. The first kappa shape index (κ1) is 28.6. The monoisotopic (exact) mass is 591 g/mol. The topological polar surface area (TPSA) is 131 Å². The summed E-state index contributed by atoms with van der Waals surface area (Å²) in [6.07, 6.45) is 3.68. The zero-order valence-corrected chi connectivity index (χ0v) is 24.1. The van der Waals surface area contributed by atoms with E-state index in [9.17, 15) is 21.6 Å². The van der Waals surface area contributed by atoms with Crippen LogP contribution >= 0.6 is 11.8 Å². The van der Waals surface area contributed by atoms with E-state index in [1.165, 1.54) is 68.4 Å². The lowest BCUT2D eigenvalue weighted by Crippen LogP contribution is -2.28. The molecule has 1 fully saturated rings. The van der Waals surface area contributed by atoms with Gasteiger partial charge in [-0.05, 0) is 73.7 Å². The molecule has 1 heterocycles. The highest BCUT2D eigenvalue weighted by molar-refractivity contribution is 7.98. The summed E-state index contributed by atoms with van der Waals surface area (Å²) in [5, 5.41) is 0. The van der Waals surface area contributed by atoms with Crippen molar-refractivity contribution in [3.05, 3.63) is 66.2 Å². The predicted octanol–water partition coefficient (Wildman–Crippen LogP) is 4.26. The fraction of sp³-hybridized carbons (Fsp3) is 0.269. The first-order chi connectivity index (χ1) is 18.6. The average molecular weight is 592 g/mol. The summed E-state index contributed by atoms with van der Waals surface area (Å²) in [7, 11) is -5.20. The fourth-order valence-corrected chi connectivity index (χ4v) is 6.84. The Hall–Kier alpha value is -3.42. The Bertz CT molecular complexity index is 1570. The van der Waals surface area contributed by atoms with Crippen LogP contribution in [-0.4, -0.2) is 61.2 Å². The third-order valence-electron chi connectivity index (χ3n) is 6.17. The van der Waals surface area contributed by atoms with Crippen molar-refractivity contribution in [2.45, 2.75) is 27.5 Å². The van der Waals surface area contributed by atoms with Gasteiger partial charge in [0, 0.05) is 29.7 Å². The minimum absolute atomic E-state index is 0.0636. The highest BCUT2D eigenvalue weighted by Crippen LogP contribution is 2.31. The van der Waals surface area contributed by atoms with Gasteiger partial charge in [-0.2, -0.15) is 0 Å². The standard InChI is InChI=1S/C26H29N3O7S3/c1-35-19-8-12-24(36-2)23(16-19)28-38(31,32)20-9-6-18(7-10-20)27-39(33,34)21-11-13-25(37-3)22(17-21)26(30)29-14-4-5-15-29/h6-13,16-17,27-28H,4-5,14-15H2,1-3H3. The minimum Gasteiger partial charge on any atom is -0.497 e. The van der Waals surface area contributed by atoms with Gasteiger partial charge in [-0.15, -0.1) is 11.8 Å². The molecular formula is C26H29N3O7S3. The van der Waals surface area contributed by atoms with Gasteiger partial charge in [-0.25, -0.2) is 16.8 Å². The Labute approximate surface area is 232 Å². The van der Waals surface area contributed by atoms with Crippen molar-refractivity contribution in [1.82, 2.24) is 4.90 Å². The Balaban J connectivity index is 1.54. The molecule has 10 nitrogen and oxygen atoms in total. The van der Waals surface area contributed by atoms with Crippen LogP contribution in [0.15, 0.2) is 75.4 Å². The van der Waals surface area contributed by atoms with Crippen LogP contribution in [0.1, 0.15) is 23.2 Å². The van der Waals surface area contributed by atoms with Gasteiger partial charge in [-0.1, -0.05) is 0 Å². The molecule has 0 saturated carbocycles. The Morgan fingerprint density at radius 1 is 0.821 bits per heavy atom. The van der Waals surface area contributed by atoms with Gasteiger partial charge in [0.25, 0.3) is 26.0 Å². The maximum atomic E-state index is 13.2. The van der Waals surface area contributed by atoms with Crippen LogP contribution in [0.5, 0.6) is 11.5 Å². The van der Waals surface area contributed by atoms with Crippen molar-refractivity contribution in [2.75, 3.05) is 43.0 Å². The zero-order chi connectivity index (χ0) is 28.2. The second kappa shape index (κ2) is 11.8. The molecule has 0 unspecified atom stereocenters. The van der Waals surface area contributed by atoms with Gasteiger partial charge < -0.3 is 14.4 Å². The molecule has 39 heavy (non-hydrogen) atoms. The van der Waals surface area contributed by atoms with Crippen LogP contribution in [0.4, 0.5) is 11.4 Å². The van der Waals surface area contributed by atoms with Crippen molar-refractivity contribution in [3.8, 4) is 11.5 Å². The summed E-state index contributed by atoms with van der Waals surface area (Å²) < 4.78 is 67.6. The van der Waals surface area contributed by atoms with Crippen molar-refractivity contribution in [3.63, 3.8) is 0 Å². The van der Waals surface area contributed by atoms with Gasteiger partial charge in [0.05, 0.1) is 35.3 Å². The molecule has 1 saturated heterocycles. The predicted molar refractivity (Wildman–Crippen MR) is 151 cm³/mol. The van der Waals surface area contributed by atoms with E-state index in [4.69, 9.17) is 9.47 Å². The lowest BCUT2D eigenvalue weighted by Gasteiger charge is -2.18. The SMILES string of the molecule is COc1ccc(OC)c(NS(=O)(=O)c2ccc(NS(=O)(=O)c3ccc(SC)c(C(=O)N4CCCC4)c3)cc2)c1. The van der Waals surface area contributed by atoms with Gasteiger partial charge in [0.15, 0.2) is 0 Å². The highest BCUT2D eigenvalue weighted by atomic mass is 32.2. The molecular weight excluding hydrogens is 563 g/mol. The number of benzene rings is 3. The highest BCUT2D eigenvalue weighted by Gasteiger charge is 2.25. The van der Waals surface area contributed by atoms with Gasteiger partial charge >= 0.3 is 0 Å². The lowest BCUT2D eigenvalue weighted by atomic mass is 10.2. The number of ether oxygens (including phenoxy) is 2. The van der Waals surface area contributed by atoms with Crippen molar-refractivity contribution < 1.29 is 31.1 Å². The third-order valence-corrected chi connectivity index (χ3v) is 9.73. The van der Waals surface area contributed by atoms with E-state index in [1.54, 1.807) is 23.1 Å². The number of hydrogen-bond donors (Lipinski definition) is 2. The normalized spacial score (nSPS) is 13.7. The molecule has 0 aromatic heterocycles. The number of sulfonamides is 2. The van der Waals surface area contributed by atoms with Crippen LogP contribution in [0.2, 0.25) is 0 Å². The van der Waals surface area contributed by atoms with E-state index in [0.29, 0.717) is 35.0 Å². The fourth-order valence-electron chi connectivity index (χ4n) is 4.13. The number of nitrogens with zero attached hydrogens (tertiary/aromatic N) is 1. The number of rotatable bonds is 10. The summed E-state index contributed by atoms with van der Waals surface area (Å²) in [5.41, 5.74) is 0.691. The molecule has 1 aliphatic rings. The third kappa shape index (κ3) is 6.43. The quantitative estimate of drug-likeness (QED) is 0.335. The number of methoxy groups -OCH3 is 2. The summed E-state index contributed by atoms with van der Waals surface area (Å²) in [4.78, 5) is 15.3. The molecule has 208 valence electrons. The first-order valence-electron chi connectivity index (χ1n) is 11.9. The molecule has 0 aliphatic carbocycles. The van der Waals surface area contributed by atoms with Gasteiger partial charge in [-0.3, -0.25) is 14.2 Å². The first-order valence-corrected chi connectivity index (χ1v) is 16.1. The maximum Gasteiger partial charge on any atom is 0.262 e. The van der Waals surface area contributed by atoms with Crippen molar-refractivity contribution in [2.24, 2.45) is 0 Å². The molecule has 2 N–H and O–H groups in total. The molecule has 1 aliphatic heterocycles. The molecule has 13 heteroatoms. The largest absolute Gasteiger partial charge is 0.497 e. The van der Waals surface area contributed by atoms with Gasteiger partial charge in [0.1, 0.15) is 11.5 Å². The van der Waals surface area contributed by atoms with E-state index in [1.807, 2.05) is 6.26 Å². The van der Waals surface area contributed by atoms with E-state index in [2.05, 4.69) is 9.44 Å². The number of carbonyl (C=O) groups excluding carboxylic acids is 1. The number of nitrogens with one attached hydrogen (secondary N) is 2. The molecule has 0 atom stereocenters. The van der Waals surface area contributed by atoms with Crippen LogP contribution < -0.4 is 18.9 Å². The average Bonchev–Trinajstić information content (AvgIpc) is 3.47. The van der Waals surface area contributed by atoms with Crippen LogP contribution in [0, 0.1) is 0 Å². The summed E-state index contributed by atoms with van der Waals surface area (Å²) in [5.74, 6) is 0.552. The number of amides is 1. The lowest BCUT2D eigenvalue weighted by molar-refractivity contribution is 0.0789. The summed E-state index contributed by atoms with van der Waals surface area (Å²) in [6, 6.07) is 14.4. The Kier molecular flexibility index (Phi) is 8.62. The molecule has 3 aromatic carbocycles.